The van der Waals surface area contributed by atoms with Crippen LogP contribution in [-0.4, -0.2) is 18.8 Å². The molecule has 1 rings (SSSR count). The molecule has 1 aliphatic rings. The maximum Gasteiger partial charge on any atom is 0.416 e. The van der Waals surface area contributed by atoms with Gasteiger partial charge in [0, 0.05) is 6.04 Å². The van der Waals surface area contributed by atoms with E-state index in [1.54, 1.807) is 0 Å². The van der Waals surface area contributed by atoms with Gasteiger partial charge in [0.1, 0.15) is 0 Å². The topological polar surface area (TPSA) is 12.0 Å². The summed E-state index contributed by atoms with van der Waals surface area (Å²) in [7, 11) is 0. The first-order valence-electron chi connectivity index (χ1n) is 5.29. The first-order valence-corrected chi connectivity index (χ1v) is 5.29. The van der Waals surface area contributed by atoms with Gasteiger partial charge in [-0.25, -0.2) is 0 Å². The molecule has 0 amide bonds. The van der Waals surface area contributed by atoms with E-state index in [1.807, 2.05) is 0 Å². The molecule has 0 aromatic rings. The standard InChI is InChI=1S/C12H16F3N/c1-3-10(12(13,14)15)7-6-9(2)11-5-4-8-16-11/h3,6-7,11,16H,2,4-5,8H2,1H3/b7-6-,10-3+/t11-/m1/s1. The van der Waals surface area contributed by atoms with Gasteiger partial charge in [0.25, 0.3) is 0 Å². The zero-order valence-corrected chi connectivity index (χ0v) is 9.27. The van der Waals surface area contributed by atoms with Gasteiger partial charge < -0.3 is 5.32 Å². The first kappa shape index (κ1) is 13.0. The third-order valence-corrected chi connectivity index (χ3v) is 2.62. The van der Waals surface area contributed by atoms with E-state index in [2.05, 4.69) is 11.9 Å². The molecule has 90 valence electrons. The molecule has 0 radical (unpaired) electrons. The maximum absolute atomic E-state index is 12.4. The lowest BCUT2D eigenvalue weighted by molar-refractivity contribution is -0.0883. The van der Waals surface area contributed by atoms with Crippen LogP contribution in [0.5, 0.6) is 0 Å². The number of hydrogen-bond donors (Lipinski definition) is 1. The highest BCUT2D eigenvalue weighted by molar-refractivity contribution is 5.31. The summed E-state index contributed by atoms with van der Waals surface area (Å²) in [5.74, 6) is 0. The van der Waals surface area contributed by atoms with Crippen LogP contribution in [0.2, 0.25) is 0 Å². The minimum Gasteiger partial charge on any atom is -0.310 e. The quantitative estimate of drug-likeness (QED) is 0.734. The van der Waals surface area contributed by atoms with E-state index in [-0.39, 0.29) is 6.04 Å². The predicted molar refractivity (Wildman–Crippen MR) is 59.1 cm³/mol. The van der Waals surface area contributed by atoms with Crippen molar-refractivity contribution in [1.82, 2.24) is 5.32 Å². The Morgan fingerprint density at radius 1 is 1.38 bits per heavy atom. The van der Waals surface area contributed by atoms with Crippen molar-refractivity contribution in [2.24, 2.45) is 0 Å². The molecule has 1 aliphatic heterocycles. The first-order chi connectivity index (χ1) is 7.45. The summed E-state index contributed by atoms with van der Waals surface area (Å²) in [4.78, 5) is 0. The monoisotopic (exact) mass is 231 g/mol. The summed E-state index contributed by atoms with van der Waals surface area (Å²) < 4.78 is 37.1. The van der Waals surface area contributed by atoms with Gasteiger partial charge in [-0.1, -0.05) is 24.8 Å². The van der Waals surface area contributed by atoms with Crippen LogP contribution in [0.4, 0.5) is 13.2 Å². The lowest BCUT2D eigenvalue weighted by Crippen LogP contribution is -2.22. The molecule has 0 aromatic heterocycles. The molecule has 0 spiro atoms. The van der Waals surface area contributed by atoms with E-state index in [9.17, 15) is 13.2 Å². The van der Waals surface area contributed by atoms with Crippen LogP contribution in [0.25, 0.3) is 0 Å². The van der Waals surface area contributed by atoms with Gasteiger partial charge in [-0.15, -0.1) is 0 Å². The summed E-state index contributed by atoms with van der Waals surface area (Å²) in [6.07, 6.45) is 1.31. The van der Waals surface area contributed by atoms with E-state index in [0.717, 1.165) is 31.5 Å². The van der Waals surface area contributed by atoms with Crippen LogP contribution in [0.15, 0.2) is 36.0 Å². The predicted octanol–water partition coefficient (Wildman–Crippen LogP) is 3.36. The lowest BCUT2D eigenvalue weighted by atomic mass is 10.1. The van der Waals surface area contributed by atoms with Crippen LogP contribution < -0.4 is 5.32 Å². The Balaban J connectivity index is 2.61. The SMILES string of the molecule is C=C(/C=C\C(=C/C)C(F)(F)F)[C@H]1CCCN1. The summed E-state index contributed by atoms with van der Waals surface area (Å²) in [5.41, 5.74) is 0.0766. The number of halogens is 3. The molecular weight excluding hydrogens is 215 g/mol. The molecule has 1 N–H and O–H groups in total. The Morgan fingerprint density at radius 2 is 2.06 bits per heavy atom. The summed E-state index contributed by atoms with van der Waals surface area (Å²) in [5, 5.41) is 3.19. The van der Waals surface area contributed by atoms with E-state index in [4.69, 9.17) is 0 Å². The molecule has 16 heavy (non-hydrogen) atoms. The van der Waals surface area contributed by atoms with Crippen LogP contribution in [0, 0.1) is 0 Å². The van der Waals surface area contributed by atoms with Crippen molar-refractivity contribution in [3.05, 3.63) is 36.0 Å². The van der Waals surface area contributed by atoms with Crippen molar-refractivity contribution >= 4 is 0 Å². The second-order valence-corrected chi connectivity index (χ2v) is 3.80. The van der Waals surface area contributed by atoms with Gasteiger partial charge >= 0.3 is 6.18 Å². The Labute approximate surface area is 93.7 Å². The van der Waals surface area contributed by atoms with Crippen LogP contribution in [0.1, 0.15) is 19.8 Å². The Hall–Kier alpha value is -1.03. The number of rotatable bonds is 3. The fourth-order valence-corrected chi connectivity index (χ4v) is 1.67. The van der Waals surface area contributed by atoms with Gasteiger partial charge in [0.05, 0.1) is 5.57 Å². The zero-order chi connectivity index (χ0) is 12.2. The smallest absolute Gasteiger partial charge is 0.310 e. The third kappa shape index (κ3) is 3.52. The number of nitrogens with one attached hydrogen (secondary N) is 1. The highest BCUT2D eigenvalue weighted by Gasteiger charge is 2.30. The number of alkyl halides is 3. The van der Waals surface area contributed by atoms with Crippen LogP contribution >= 0.6 is 0 Å². The van der Waals surface area contributed by atoms with E-state index in [1.165, 1.54) is 13.0 Å². The van der Waals surface area contributed by atoms with Crippen molar-refractivity contribution < 1.29 is 13.2 Å². The number of allylic oxidation sites excluding steroid dienone is 3. The maximum atomic E-state index is 12.4. The molecule has 1 saturated heterocycles. The summed E-state index contributed by atoms with van der Waals surface area (Å²) >= 11 is 0. The average molecular weight is 231 g/mol. The molecule has 0 bridgehead atoms. The van der Waals surface area contributed by atoms with Crippen molar-refractivity contribution in [2.75, 3.05) is 6.54 Å². The van der Waals surface area contributed by atoms with Crippen molar-refractivity contribution in [2.45, 2.75) is 32.0 Å². The van der Waals surface area contributed by atoms with E-state index in [0.29, 0.717) is 5.57 Å². The summed E-state index contributed by atoms with van der Waals surface area (Å²) in [6, 6.07) is 0.127. The molecule has 1 fully saturated rings. The molecule has 0 saturated carbocycles. The second kappa shape index (κ2) is 5.34. The molecular formula is C12H16F3N. The van der Waals surface area contributed by atoms with Crippen LogP contribution in [-0.2, 0) is 0 Å². The zero-order valence-electron chi connectivity index (χ0n) is 9.27. The fourth-order valence-electron chi connectivity index (χ4n) is 1.67. The second-order valence-electron chi connectivity index (χ2n) is 3.80. The minimum absolute atomic E-state index is 0.127. The largest absolute Gasteiger partial charge is 0.416 e. The molecule has 0 aromatic carbocycles. The molecule has 4 heteroatoms. The van der Waals surface area contributed by atoms with Gasteiger partial charge in [-0.05, 0) is 31.9 Å². The van der Waals surface area contributed by atoms with Gasteiger partial charge in [-0.2, -0.15) is 13.2 Å². The highest BCUT2D eigenvalue weighted by Crippen LogP contribution is 2.27. The Kier molecular flexibility index (Phi) is 4.35. The fraction of sp³-hybridized carbons (Fsp3) is 0.500. The molecule has 0 aliphatic carbocycles. The lowest BCUT2D eigenvalue weighted by Gasteiger charge is -2.11. The minimum atomic E-state index is -4.28. The van der Waals surface area contributed by atoms with Crippen LogP contribution in [0.3, 0.4) is 0 Å². The highest BCUT2D eigenvalue weighted by atomic mass is 19.4. The van der Waals surface area contributed by atoms with E-state index < -0.39 is 11.7 Å². The van der Waals surface area contributed by atoms with Gasteiger partial charge in [0.15, 0.2) is 0 Å². The Morgan fingerprint density at radius 3 is 2.50 bits per heavy atom. The molecule has 1 atom stereocenters. The van der Waals surface area contributed by atoms with Gasteiger partial charge in [-0.3, -0.25) is 0 Å². The normalized spacial score (nSPS) is 23.0. The van der Waals surface area contributed by atoms with Crippen molar-refractivity contribution in [1.29, 1.82) is 0 Å². The van der Waals surface area contributed by atoms with Crippen molar-refractivity contribution in [3.8, 4) is 0 Å². The molecule has 1 heterocycles. The third-order valence-electron chi connectivity index (χ3n) is 2.62. The summed E-state index contributed by atoms with van der Waals surface area (Å²) in [6.45, 7) is 6.07. The number of hydrogen-bond acceptors (Lipinski definition) is 1. The molecule has 1 nitrogen and oxygen atoms in total. The van der Waals surface area contributed by atoms with Crippen molar-refractivity contribution in [3.63, 3.8) is 0 Å². The van der Waals surface area contributed by atoms with Gasteiger partial charge in [0.2, 0.25) is 0 Å². The average Bonchev–Trinajstić information content (AvgIpc) is 2.68. The Bertz CT molecular complexity index is 307. The molecule has 0 unspecified atom stereocenters. The van der Waals surface area contributed by atoms with E-state index >= 15 is 0 Å².